The fourth-order valence-corrected chi connectivity index (χ4v) is 1.52. The van der Waals surface area contributed by atoms with Crippen molar-refractivity contribution in [3.8, 4) is 6.07 Å². The van der Waals surface area contributed by atoms with Gasteiger partial charge < -0.3 is 10.6 Å². The van der Waals surface area contributed by atoms with Crippen molar-refractivity contribution in [1.82, 2.24) is 0 Å². The first-order valence-electron chi connectivity index (χ1n) is 5.62. The highest BCUT2D eigenvalue weighted by molar-refractivity contribution is 5.99. The highest BCUT2D eigenvalue weighted by atomic mass is 19.1. The number of para-hydroxylation sites is 1. The molecule has 0 aromatic heterocycles. The lowest BCUT2D eigenvalue weighted by Gasteiger charge is -2.09. The second-order valence-electron chi connectivity index (χ2n) is 3.86. The monoisotopic (exact) mass is 273 g/mol. The van der Waals surface area contributed by atoms with E-state index in [1.165, 1.54) is 30.3 Å². The van der Waals surface area contributed by atoms with E-state index in [1.807, 2.05) is 6.07 Å². The van der Waals surface area contributed by atoms with Gasteiger partial charge in [0.2, 0.25) is 0 Å². The normalized spacial score (nSPS) is 9.65. The highest BCUT2D eigenvalue weighted by Crippen LogP contribution is 2.18. The Labute approximate surface area is 113 Å². The number of halogens is 2. The third-order valence-electron chi connectivity index (χ3n) is 2.47. The van der Waals surface area contributed by atoms with Crippen LogP contribution in [0.1, 0.15) is 5.56 Å². The molecule has 4 nitrogen and oxygen atoms in total. The summed E-state index contributed by atoms with van der Waals surface area (Å²) in [6.07, 6.45) is 0. The van der Waals surface area contributed by atoms with E-state index in [4.69, 9.17) is 5.26 Å². The largest absolute Gasteiger partial charge is 0.323 e. The second kappa shape index (κ2) is 5.80. The Bertz CT molecular complexity index is 658. The number of urea groups is 1. The fraction of sp³-hybridized carbons (Fsp3) is 0. The van der Waals surface area contributed by atoms with Crippen LogP contribution in [0.3, 0.4) is 0 Å². The van der Waals surface area contributed by atoms with Gasteiger partial charge in [0.05, 0.1) is 11.6 Å². The molecule has 2 N–H and O–H groups in total. The molecule has 0 unspecified atom stereocenters. The lowest BCUT2D eigenvalue weighted by Crippen LogP contribution is -2.20. The van der Waals surface area contributed by atoms with Gasteiger partial charge in [-0.1, -0.05) is 6.07 Å². The van der Waals surface area contributed by atoms with E-state index < -0.39 is 23.4 Å². The number of benzene rings is 2. The Morgan fingerprint density at radius 1 is 1.00 bits per heavy atom. The van der Waals surface area contributed by atoms with Crippen LogP contribution in [0.5, 0.6) is 0 Å². The topological polar surface area (TPSA) is 64.9 Å². The maximum atomic E-state index is 13.3. The van der Waals surface area contributed by atoms with Gasteiger partial charge in [-0.3, -0.25) is 0 Å². The van der Waals surface area contributed by atoms with E-state index in [1.54, 1.807) is 0 Å². The third kappa shape index (κ3) is 3.09. The zero-order valence-electron chi connectivity index (χ0n) is 10.2. The molecule has 2 rings (SSSR count). The molecule has 2 amide bonds. The zero-order chi connectivity index (χ0) is 14.5. The SMILES string of the molecule is N#Cc1ccc(NC(=O)Nc2c(F)cccc2F)cc1. The van der Waals surface area contributed by atoms with Gasteiger partial charge in [0.25, 0.3) is 0 Å². The molecule has 2 aromatic carbocycles. The molecule has 0 fully saturated rings. The van der Waals surface area contributed by atoms with Crippen molar-refractivity contribution in [2.75, 3.05) is 10.6 Å². The average molecular weight is 273 g/mol. The summed E-state index contributed by atoms with van der Waals surface area (Å²) in [5.41, 5.74) is 0.327. The predicted octanol–water partition coefficient (Wildman–Crippen LogP) is 3.48. The van der Waals surface area contributed by atoms with Crippen molar-refractivity contribution < 1.29 is 13.6 Å². The minimum atomic E-state index is -0.861. The molecule has 100 valence electrons. The predicted molar refractivity (Wildman–Crippen MR) is 70.2 cm³/mol. The molecule has 0 spiro atoms. The van der Waals surface area contributed by atoms with Crippen LogP contribution in [0, 0.1) is 23.0 Å². The summed E-state index contributed by atoms with van der Waals surface area (Å²) in [6.45, 7) is 0. The van der Waals surface area contributed by atoms with Crippen LogP contribution in [0.2, 0.25) is 0 Å². The van der Waals surface area contributed by atoms with Crippen LogP contribution < -0.4 is 10.6 Å². The number of carbonyl (C=O) groups excluding carboxylic acids is 1. The molecule has 0 aliphatic rings. The van der Waals surface area contributed by atoms with Crippen LogP contribution in [-0.4, -0.2) is 6.03 Å². The fourth-order valence-electron chi connectivity index (χ4n) is 1.52. The quantitative estimate of drug-likeness (QED) is 0.879. The molecule has 0 saturated heterocycles. The van der Waals surface area contributed by atoms with Gasteiger partial charge in [0.15, 0.2) is 0 Å². The van der Waals surface area contributed by atoms with E-state index in [0.29, 0.717) is 11.3 Å². The summed E-state index contributed by atoms with van der Waals surface area (Å²) in [5.74, 6) is -1.72. The third-order valence-corrected chi connectivity index (χ3v) is 2.47. The number of nitriles is 1. The average Bonchev–Trinajstić information content (AvgIpc) is 2.44. The van der Waals surface area contributed by atoms with Crippen molar-refractivity contribution in [3.63, 3.8) is 0 Å². The second-order valence-corrected chi connectivity index (χ2v) is 3.86. The van der Waals surface area contributed by atoms with E-state index in [0.717, 1.165) is 12.1 Å². The molecule has 0 aliphatic heterocycles. The van der Waals surface area contributed by atoms with Gasteiger partial charge in [0.1, 0.15) is 17.3 Å². The standard InChI is InChI=1S/C14H9F2N3O/c15-11-2-1-3-12(16)13(11)19-14(20)18-10-6-4-9(8-17)5-7-10/h1-7H,(H2,18,19,20). The van der Waals surface area contributed by atoms with Crippen molar-refractivity contribution >= 4 is 17.4 Å². The maximum absolute atomic E-state index is 13.3. The van der Waals surface area contributed by atoms with Crippen LogP contribution in [0.4, 0.5) is 25.0 Å². The summed E-state index contributed by atoms with van der Waals surface area (Å²) in [4.78, 5) is 11.6. The first-order chi connectivity index (χ1) is 9.60. The first-order valence-corrected chi connectivity index (χ1v) is 5.62. The highest BCUT2D eigenvalue weighted by Gasteiger charge is 2.11. The number of amides is 2. The first kappa shape index (κ1) is 13.5. The maximum Gasteiger partial charge on any atom is 0.323 e. The van der Waals surface area contributed by atoms with Gasteiger partial charge >= 0.3 is 6.03 Å². The molecule has 2 aromatic rings. The van der Waals surface area contributed by atoms with E-state index in [-0.39, 0.29) is 0 Å². The van der Waals surface area contributed by atoms with Crippen molar-refractivity contribution in [1.29, 1.82) is 5.26 Å². The van der Waals surface area contributed by atoms with Gasteiger partial charge in [-0.25, -0.2) is 13.6 Å². The van der Waals surface area contributed by atoms with Gasteiger partial charge in [-0.2, -0.15) is 5.26 Å². The summed E-state index contributed by atoms with van der Waals surface area (Å²) in [5, 5.41) is 13.1. The van der Waals surface area contributed by atoms with Crippen molar-refractivity contribution in [2.24, 2.45) is 0 Å². The summed E-state index contributed by atoms with van der Waals surface area (Å²) >= 11 is 0. The number of rotatable bonds is 2. The lowest BCUT2D eigenvalue weighted by atomic mass is 10.2. The zero-order valence-corrected chi connectivity index (χ0v) is 10.2. The van der Waals surface area contributed by atoms with Gasteiger partial charge in [0, 0.05) is 5.69 Å². The minimum absolute atomic E-state index is 0.401. The number of hydrogen-bond acceptors (Lipinski definition) is 2. The number of nitrogens with zero attached hydrogens (tertiary/aromatic N) is 1. The van der Waals surface area contributed by atoms with E-state index in [2.05, 4.69) is 10.6 Å². The Hall–Kier alpha value is -2.94. The summed E-state index contributed by atoms with van der Waals surface area (Å²) in [7, 11) is 0. The van der Waals surface area contributed by atoms with Crippen molar-refractivity contribution in [3.05, 3.63) is 59.7 Å². The summed E-state index contributed by atoms with van der Waals surface area (Å²) in [6, 6.07) is 10.5. The Kier molecular flexibility index (Phi) is 3.91. The number of anilines is 2. The van der Waals surface area contributed by atoms with E-state index >= 15 is 0 Å². The molecular weight excluding hydrogens is 264 g/mol. The Morgan fingerprint density at radius 3 is 2.15 bits per heavy atom. The number of hydrogen-bond donors (Lipinski definition) is 2. The summed E-state index contributed by atoms with van der Waals surface area (Å²) < 4.78 is 26.7. The molecule has 6 heteroatoms. The Morgan fingerprint density at radius 2 is 1.60 bits per heavy atom. The number of nitrogens with one attached hydrogen (secondary N) is 2. The Balaban J connectivity index is 2.07. The molecule has 0 saturated carbocycles. The molecule has 0 heterocycles. The van der Waals surface area contributed by atoms with Crippen LogP contribution in [0.25, 0.3) is 0 Å². The van der Waals surface area contributed by atoms with Crippen LogP contribution >= 0.6 is 0 Å². The van der Waals surface area contributed by atoms with Crippen molar-refractivity contribution in [2.45, 2.75) is 0 Å². The van der Waals surface area contributed by atoms with Crippen LogP contribution in [0.15, 0.2) is 42.5 Å². The molecule has 0 bridgehead atoms. The molecule has 0 aliphatic carbocycles. The van der Waals surface area contributed by atoms with Crippen LogP contribution in [-0.2, 0) is 0 Å². The smallest absolute Gasteiger partial charge is 0.308 e. The minimum Gasteiger partial charge on any atom is -0.308 e. The molecular formula is C14H9F2N3O. The molecule has 0 radical (unpaired) electrons. The van der Waals surface area contributed by atoms with Gasteiger partial charge in [-0.15, -0.1) is 0 Å². The van der Waals surface area contributed by atoms with Gasteiger partial charge in [-0.05, 0) is 36.4 Å². The van der Waals surface area contributed by atoms with E-state index in [9.17, 15) is 13.6 Å². The number of carbonyl (C=O) groups is 1. The lowest BCUT2D eigenvalue weighted by molar-refractivity contribution is 0.262. The molecule has 20 heavy (non-hydrogen) atoms. The molecule has 0 atom stereocenters.